The highest BCUT2D eigenvalue weighted by Crippen LogP contribution is 2.18. The predicted octanol–water partition coefficient (Wildman–Crippen LogP) is 2.79. The van der Waals surface area contributed by atoms with Crippen LogP contribution in [-0.2, 0) is 0 Å². The first kappa shape index (κ1) is 17.3. The third-order valence-corrected chi connectivity index (χ3v) is 3.57. The molecule has 0 atom stereocenters. The summed E-state index contributed by atoms with van der Waals surface area (Å²) in [6.07, 6.45) is 2.30. The maximum Gasteiger partial charge on any atom is 0.319 e. The van der Waals surface area contributed by atoms with Gasteiger partial charge in [0, 0.05) is 24.8 Å². The van der Waals surface area contributed by atoms with Gasteiger partial charge < -0.3 is 10.8 Å². The molecule has 0 aromatic heterocycles. The van der Waals surface area contributed by atoms with Crippen LogP contribution in [0.4, 0.5) is 10.5 Å². The number of phenolic OH excluding ortho intramolecular Hbond substituents is 1. The molecule has 3 N–H and O–H groups in total. The number of amides is 2. The monoisotopic (exact) mass is 293 g/mol. The molecule has 5 nitrogen and oxygen atoms in total. The highest BCUT2D eigenvalue weighted by Gasteiger charge is 2.15. The van der Waals surface area contributed by atoms with Crippen molar-refractivity contribution in [3.63, 3.8) is 0 Å². The Morgan fingerprint density at radius 1 is 1.19 bits per heavy atom. The van der Waals surface area contributed by atoms with Crippen molar-refractivity contribution in [3.8, 4) is 5.75 Å². The van der Waals surface area contributed by atoms with Crippen LogP contribution in [0.25, 0.3) is 0 Å². The van der Waals surface area contributed by atoms with Crippen molar-refractivity contribution in [2.45, 2.75) is 39.7 Å². The lowest BCUT2D eigenvalue weighted by molar-refractivity contribution is 0.220. The maximum absolute atomic E-state index is 11.6. The SMILES string of the molecule is CCCCN(CCN(C(N)=O)c1ccc(O)cc1)C(C)C. The summed E-state index contributed by atoms with van der Waals surface area (Å²) in [7, 11) is 0. The van der Waals surface area contributed by atoms with Crippen LogP contribution in [0.1, 0.15) is 33.6 Å². The van der Waals surface area contributed by atoms with E-state index in [2.05, 4.69) is 25.7 Å². The molecule has 1 aromatic rings. The van der Waals surface area contributed by atoms with Gasteiger partial charge in [-0.2, -0.15) is 0 Å². The number of hydrogen-bond acceptors (Lipinski definition) is 3. The van der Waals surface area contributed by atoms with Crippen LogP contribution in [0.2, 0.25) is 0 Å². The van der Waals surface area contributed by atoms with Gasteiger partial charge in [0.05, 0.1) is 0 Å². The van der Waals surface area contributed by atoms with E-state index in [1.54, 1.807) is 29.2 Å². The molecule has 0 bridgehead atoms. The third-order valence-electron chi connectivity index (χ3n) is 3.57. The van der Waals surface area contributed by atoms with Crippen molar-refractivity contribution in [1.29, 1.82) is 0 Å². The molecule has 0 aliphatic carbocycles. The number of benzene rings is 1. The minimum atomic E-state index is -0.472. The average Bonchev–Trinajstić information content (AvgIpc) is 2.43. The fourth-order valence-corrected chi connectivity index (χ4v) is 2.22. The van der Waals surface area contributed by atoms with Gasteiger partial charge >= 0.3 is 6.03 Å². The Hall–Kier alpha value is -1.75. The Bertz CT molecular complexity index is 432. The van der Waals surface area contributed by atoms with Crippen LogP contribution in [0, 0.1) is 0 Å². The summed E-state index contributed by atoms with van der Waals surface area (Å²) >= 11 is 0. The molecule has 0 spiro atoms. The molecule has 0 radical (unpaired) electrons. The molecular weight excluding hydrogens is 266 g/mol. The lowest BCUT2D eigenvalue weighted by Crippen LogP contribution is -2.43. The number of carbonyl (C=O) groups excluding carboxylic acids is 1. The van der Waals surface area contributed by atoms with Crippen LogP contribution in [0.3, 0.4) is 0 Å². The second-order valence-electron chi connectivity index (χ2n) is 5.49. The Morgan fingerprint density at radius 3 is 2.29 bits per heavy atom. The summed E-state index contributed by atoms with van der Waals surface area (Å²) in [6.45, 7) is 8.83. The number of anilines is 1. The van der Waals surface area contributed by atoms with Crippen molar-refractivity contribution in [1.82, 2.24) is 4.90 Å². The fraction of sp³-hybridized carbons (Fsp3) is 0.562. The van der Waals surface area contributed by atoms with Gasteiger partial charge in [0.1, 0.15) is 5.75 Å². The van der Waals surface area contributed by atoms with E-state index in [0.717, 1.165) is 25.9 Å². The Labute approximate surface area is 127 Å². The Balaban J connectivity index is 2.69. The molecule has 0 heterocycles. The molecular formula is C16H27N3O2. The van der Waals surface area contributed by atoms with E-state index in [1.807, 2.05) is 0 Å². The number of primary amides is 1. The lowest BCUT2D eigenvalue weighted by Gasteiger charge is -2.29. The molecule has 0 unspecified atom stereocenters. The maximum atomic E-state index is 11.6. The van der Waals surface area contributed by atoms with Gasteiger partial charge in [0.15, 0.2) is 0 Å². The molecule has 0 saturated carbocycles. The van der Waals surface area contributed by atoms with Gasteiger partial charge in [0.25, 0.3) is 0 Å². The summed E-state index contributed by atoms with van der Waals surface area (Å²) in [5.74, 6) is 0.176. The van der Waals surface area contributed by atoms with Crippen molar-refractivity contribution in [2.24, 2.45) is 5.73 Å². The van der Waals surface area contributed by atoms with Gasteiger partial charge in [-0.15, -0.1) is 0 Å². The molecule has 5 heteroatoms. The van der Waals surface area contributed by atoms with E-state index < -0.39 is 6.03 Å². The molecule has 0 saturated heterocycles. The smallest absolute Gasteiger partial charge is 0.319 e. The normalized spacial score (nSPS) is 11.1. The highest BCUT2D eigenvalue weighted by molar-refractivity contribution is 5.90. The minimum absolute atomic E-state index is 0.176. The number of rotatable bonds is 8. The first-order chi connectivity index (χ1) is 9.95. The highest BCUT2D eigenvalue weighted by atomic mass is 16.3. The zero-order valence-electron chi connectivity index (χ0n) is 13.2. The standard InChI is InChI=1S/C16H27N3O2/c1-4-5-10-18(13(2)3)11-12-19(16(17)21)14-6-8-15(20)9-7-14/h6-9,13,20H,4-5,10-12H2,1-3H3,(H2,17,21). The molecule has 21 heavy (non-hydrogen) atoms. The number of unbranched alkanes of at least 4 members (excludes halogenated alkanes) is 1. The molecule has 0 fully saturated rings. The zero-order valence-corrected chi connectivity index (χ0v) is 13.2. The van der Waals surface area contributed by atoms with Crippen LogP contribution in [0.15, 0.2) is 24.3 Å². The quantitative estimate of drug-likeness (QED) is 0.774. The fourth-order valence-electron chi connectivity index (χ4n) is 2.22. The number of carbonyl (C=O) groups is 1. The molecule has 0 aliphatic heterocycles. The van der Waals surface area contributed by atoms with Gasteiger partial charge in [-0.3, -0.25) is 9.80 Å². The number of aromatic hydroxyl groups is 1. The number of nitrogens with zero attached hydrogens (tertiary/aromatic N) is 2. The Kier molecular flexibility index (Phi) is 7.02. The van der Waals surface area contributed by atoms with Crippen molar-refractivity contribution < 1.29 is 9.90 Å². The van der Waals surface area contributed by atoms with Gasteiger partial charge in [0.2, 0.25) is 0 Å². The van der Waals surface area contributed by atoms with E-state index in [0.29, 0.717) is 18.3 Å². The molecule has 118 valence electrons. The van der Waals surface area contributed by atoms with Crippen LogP contribution in [0.5, 0.6) is 5.75 Å². The van der Waals surface area contributed by atoms with Crippen molar-refractivity contribution >= 4 is 11.7 Å². The number of nitrogens with two attached hydrogens (primary N) is 1. The average molecular weight is 293 g/mol. The lowest BCUT2D eigenvalue weighted by atomic mass is 10.2. The van der Waals surface area contributed by atoms with Gasteiger partial charge in [-0.1, -0.05) is 13.3 Å². The van der Waals surface area contributed by atoms with E-state index in [1.165, 1.54) is 0 Å². The topological polar surface area (TPSA) is 69.8 Å². The first-order valence-corrected chi connectivity index (χ1v) is 7.55. The second-order valence-corrected chi connectivity index (χ2v) is 5.49. The number of urea groups is 1. The number of hydrogen-bond donors (Lipinski definition) is 2. The van der Waals surface area contributed by atoms with E-state index in [4.69, 9.17) is 5.73 Å². The zero-order chi connectivity index (χ0) is 15.8. The first-order valence-electron chi connectivity index (χ1n) is 7.55. The van der Waals surface area contributed by atoms with Crippen molar-refractivity contribution in [2.75, 3.05) is 24.5 Å². The summed E-state index contributed by atoms with van der Waals surface area (Å²) in [4.78, 5) is 15.5. The molecule has 2 amide bonds. The van der Waals surface area contributed by atoms with E-state index >= 15 is 0 Å². The van der Waals surface area contributed by atoms with Gasteiger partial charge in [-0.05, 0) is 51.1 Å². The van der Waals surface area contributed by atoms with Crippen molar-refractivity contribution in [3.05, 3.63) is 24.3 Å². The summed E-state index contributed by atoms with van der Waals surface area (Å²) in [5, 5.41) is 9.32. The molecule has 1 aromatic carbocycles. The summed E-state index contributed by atoms with van der Waals surface area (Å²) in [5.41, 5.74) is 6.18. The minimum Gasteiger partial charge on any atom is -0.508 e. The molecule has 1 rings (SSSR count). The van der Waals surface area contributed by atoms with E-state index in [-0.39, 0.29) is 5.75 Å². The van der Waals surface area contributed by atoms with Crippen LogP contribution < -0.4 is 10.6 Å². The Morgan fingerprint density at radius 2 is 1.81 bits per heavy atom. The van der Waals surface area contributed by atoms with E-state index in [9.17, 15) is 9.90 Å². The second kappa shape index (κ2) is 8.52. The molecule has 0 aliphatic rings. The summed E-state index contributed by atoms with van der Waals surface area (Å²) < 4.78 is 0. The largest absolute Gasteiger partial charge is 0.508 e. The van der Waals surface area contributed by atoms with Gasteiger partial charge in [-0.25, -0.2) is 4.79 Å². The predicted molar refractivity (Wildman–Crippen MR) is 86.7 cm³/mol. The summed E-state index contributed by atoms with van der Waals surface area (Å²) in [6, 6.07) is 6.48. The third kappa shape index (κ3) is 5.63. The number of phenols is 1. The van der Waals surface area contributed by atoms with Crippen LogP contribution >= 0.6 is 0 Å². The van der Waals surface area contributed by atoms with Crippen LogP contribution in [-0.4, -0.2) is 41.7 Å².